The third-order valence-electron chi connectivity index (χ3n) is 5.73. The monoisotopic (exact) mass is 477 g/mol. The van der Waals surface area contributed by atoms with E-state index >= 15 is 0 Å². The van der Waals surface area contributed by atoms with Crippen molar-refractivity contribution in [1.82, 2.24) is 15.7 Å². The smallest absolute Gasteiger partial charge is 0.268 e. The van der Waals surface area contributed by atoms with Gasteiger partial charge >= 0.3 is 0 Å². The fourth-order valence-corrected chi connectivity index (χ4v) is 3.55. The lowest BCUT2D eigenvalue weighted by atomic mass is 10.1. The van der Waals surface area contributed by atoms with Gasteiger partial charge < -0.3 is 14.8 Å². The van der Waals surface area contributed by atoms with Crippen LogP contribution in [0.25, 0.3) is 6.08 Å². The van der Waals surface area contributed by atoms with Crippen LogP contribution in [0.1, 0.15) is 34.0 Å². The third-order valence-corrected chi connectivity index (χ3v) is 5.73. The molecule has 1 saturated heterocycles. The molecule has 3 N–H and O–H groups in total. The first-order valence-electron chi connectivity index (χ1n) is 11.4. The molecule has 2 unspecified atom stereocenters. The number of morpholine rings is 1. The Morgan fingerprint density at radius 3 is 2.46 bits per heavy atom. The SMILES string of the molecule is COC(C)C(NC(=O)c1ccc(/C=C/C#Cc2ccc(CN3CCOCC3)cc2)cc1)C(=O)NO. The van der Waals surface area contributed by atoms with Gasteiger partial charge in [-0.05, 0) is 54.5 Å². The third kappa shape index (κ3) is 8.05. The predicted octanol–water partition coefficient (Wildman–Crippen LogP) is 2.22. The van der Waals surface area contributed by atoms with Gasteiger partial charge in [-0.15, -0.1) is 0 Å². The maximum absolute atomic E-state index is 12.5. The normalized spacial score (nSPS) is 15.6. The lowest BCUT2D eigenvalue weighted by Crippen LogP contribution is -2.52. The summed E-state index contributed by atoms with van der Waals surface area (Å²) in [5, 5.41) is 11.5. The molecule has 8 heteroatoms. The van der Waals surface area contributed by atoms with Crippen molar-refractivity contribution < 1.29 is 24.3 Å². The van der Waals surface area contributed by atoms with E-state index in [0.29, 0.717) is 5.56 Å². The Morgan fingerprint density at radius 1 is 1.14 bits per heavy atom. The van der Waals surface area contributed by atoms with Crippen molar-refractivity contribution in [3.63, 3.8) is 0 Å². The number of hydroxylamine groups is 1. The zero-order chi connectivity index (χ0) is 25.0. The van der Waals surface area contributed by atoms with Crippen molar-refractivity contribution in [2.45, 2.75) is 25.6 Å². The zero-order valence-electron chi connectivity index (χ0n) is 20.0. The molecule has 0 bridgehead atoms. The molecule has 1 aliphatic heterocycles. The Morgan fingerprint density at radius 2 is 1.83 bits per heavy atom. The Bertz CT molecular complexity index is 1060. The number of nitrogens with zero attached hydrogens (tertiary/aromatic N) is 1. The van der Waals surface area contributed by atoms with Gasteiger partial charge in [-0.3, -0.25) is 19.7 Å². The second-order valence-corrected chi connectivity index (χ2v) is 8.18. The number of nitrogens with one attached hydrogen (secondary N) is 2. The molecular weight excluding hydrogens is 446 g/mol. The van der Waals surface area contributed by atoms with Gasteiger partial charge in [0.15, 0.2) is 0 Å². The van der Waals surface area contributed by atoms with E-state index in [4.69, 9.17) is 14.7 Å². The van der Waals surface area contributed by atoms with Crippen LogP contribution in [0.5, 0.6) is 0 Å². The summed E-state index contributed by atoms with van der Waals surface area (Å²) in [6.07, 6.45) is 3.00. The van der Waals surface area contributed by atoms with E-state index in [0.717, 1.165) is 44.0 Å². The topological polar surface area (TPSA) is 100 Å². The number of ether oxygens (including phenoxy) is 2. The molecule has 1 fully saturated rings. The van der Waals surface area contributed by atoms with Crippen LogP contribution < -0.4 is 10.8 Å². The van der Waals surface area contributed by atoms with Crippen molar-refractivity contribution in [3.8, 4) is 11.8 Å². The van der Waals surface area contributed by atoms with E-state index in [1.54, 1.807) is 42.7 Å². The number of carbonyl (C=O) groups is 2. The number of rotatable bonds is 8. The Balaban J connectivity index is 1.53. The van der Waals surface area contributed by atoms with E-state index in [-0.39, 0.29) is 0 Å². The quantitative estimate of drug-likeness (QED) is 0.306. The first-order chi connectivity index (χ1) is 17.0. The van der Waals surface area contributed by atoms with Crippen LogP contribution in [-0.4, -0.2) is 67.5 Å². The molecule has 1 heterocycles. The summed E-state index contributed by atoms with van der Waals surface area (Å²) in [5.41, 5.74) is 5.01. The Labute approximate surface area is 205 Å². The molecule has 1 aliphatic rings. The van der Waals surface area contributed by atoms with Crippen LogP contribution in [0.15, 0.2) is 54.6 Å². The molecule has 8 nitrogen and oxygen atoms in total. The predicted molar refractivity (Wildman–Crippen MR) is 133 cm³/mol. The summed E-state index contributed by atoms with van der Waals surface area (Å²) in [6, 6.07) is 14.1. The van der Waals surface area contributed by atoms with Gasteiger partial charge in [0.2, 0.25) is 0 Å². The standard InChI is InChI=1S/C27H31N3O5/c1-20(34-2)25(27(32)29-33)28-26(31)24-13-11-22(12-14-24)6-4-3-5-21-7-9-23(10-8-21)19-30-15-17-35-18-16-30/h4,6-14,20,25,33H,15-19H2,1-2H3,(H,28,31)(H,29,32)/b6-4+. The highest BCUT2D eigenvalue weighted by Gasteiger charge is 2.27. The summed E-state index contributed by atoms with van der Waals surface area (Å²) in [4.78, 5) is 26.7. The van der Waals surface area contributed by atoms with Crippen molar-refractivity contribution in [2.24, 2.45) is 0 Å². The minimum Gasteiger partial charge on any atom is -0.379 e. The number of benzene rings is 2. The van der Waals surface area contributed by atoms with Gasteiger partial charge in [0.25, 0.3) is 11.8 Å². The maximum Gasteiger partial charge on any atom is 0.268 e. The molecular formula is C27H31N3O5. The van der Waals surface area contributed by atoms with Gasteiger partial charge in [0.05, 0.1) is 19.3 Å². The van der Waals surface area contributed by atoms with Crippen LogP contribution in [0.2, 0.25) is 0 Å². The number of hydrogen-bond acceptors (Lipinski definition) is 6. The molecule has 184 valence electrons. The van der Waals surface area contributed by atoms with Gasteiger partial charge in [-0.1, -0.05) is 36.1 Å². The van der Waals surface area contributed by atoms with Gasteiger partial charge in [-0.25, -0.2) is 5.48 Å². The number of amides is 2. The first-order valence-corrected chi connectivity index (χ1v) is 11.4. The summed E-state index contributed by atoms with van der Waals surface area (Å²) in [6.45, 7) is 6.06. The molecule has 2 aromatic carbocycles. The largest absolute Gasteiger partial charge is 0.379 e. The molecule has 0 aliphatic carbocycles. The van der Waals surface area contributed by atoms with Gasteiger partial charge in [0.1, 0.15) is 6.04 Å². The van der Waals surface area contributed by atoms with Crippen LogP contribution in [-0.2, 0) is 20.8 Å². The zero-order valence-corrected chi connectivity index (χ0v) is 20.0. The summed E-state index contributed by atoms with van der Waals surface area (Å²) < 4.78 is 10.5. The van der Waals surface area contributed by atoms with E-state index in [9.17, 15) is 9.59 Å². The van der Waals surface area contributed by atoms with E-state index in [1.165, 1.54) is 12.7 Å². The summed E-state index contributed by atoms with van der Waals surface area (Å²) in [7, 11) is 1.42. The molecule has 2 atom stereocenters. The van der Waals surface area contributed by atoms with Gasteiger partial charge in [0, 0.05) is 37.9 Å². The lowest BCUT2D eigenvalue weighted by molar-refractivity contribution is -0.134. The number of carbonyl (C=O) groups excluding carboxylic acids is 2. The molecule has 2 amide bonds. The maximum atomic E-state index is 12.5. The van der Waals surface area contributed by atoms with E-state index in [2.05, 4.69) is 34.2 Å². The van der Waals surface area contributed by atoms with Gasteiger partial charge in [-0.2, -0.15) is 0 Å². The molecule has 2 aromatic rings. The van der Waals surface area contributed by atoms with Crippen LogP contribution in [0.3, 0.4) is 0 Å². The van der Waals surface area contributed by atoms with Crippen molar-refractivity contribution in [3.05, 3.63) is 76.9 Å². The Hall–Kier alpha value is -3.48. The highest BCUT2D eigenvalue weighted by molar-refractivity contribution is 5.97. The average Bonchev–Trinajstić information content (AvgIpc) is 2.90. The highest BCUT2D eigenvalue weighted by Crippen LogP contribution is 2.10. The lowest BCUT2D eigenvalue weighted by Gasteiger charge is -2.26. The van der Waals surface area contributed by atoms with E-state index < -0.39 is 24.0 Å². The van der Waals surface area contributed by atoms with Crippen molar-refractivity contribution in [2.75, 3.05) is 33.4 Å². The number of allylic oxidation sites excluding steroid dienone is 1. The molecule has 0 aromatic heterocycles. The number of hydrogen-bond donors (Lipinski definition) is 3. The summed E-state index contributed by atoms with van der Waals surface area (Å²) in [5.74, 6) is 4.96. The second-order valence-electron chi connectivity index (χ2n) is 8.18. The fraction of sp³-hybridized carbons (Fsp3) is 0.333. The number of methoxy groups -OCH3 is 1. The van der Waals surface area contributed by atoms with Crippen LogP contribution >= 0.6 is 0 Å². The van der Waals surface area contributed by atoms with Crippen molar-refractivity contribution in [1.29, 1.82) is 0 Å². The molecule has 35 heavy (non-hydrogen) atoms. The first kappa shape index (κ1) is 26.1. The molecule has 3 rings (SSSR count). The van der Waals surface area contributed by atoms with Crippen molar-refractivity contribution >= 4 is 17.9 Å². The fourth-order valence-electron chi connectivity index (χ4n) is 3.55. The van der Waals surface area contributed by atoms with E-state index in [1.807, 2.05) is 18.2 Å². The summed E-state index contributed by atoms with van der Waals surface area (Å²) >= 11 is 0. The molecule has 0 spiro atoms. The highest BCUT2D eigenvalue weighted by atomic mass is 16.5. The molecule has 0 radical (unpaired) electrons. The second kappa shape index (κ2) is 13.4. The average molecular weight is 478 g/mol. The minimum absolute atomic E-state index is 0.379. The van der Waals surface area contributed by atoms with Crippen LogP contribution in [0, 0.1) is 11.8 Å². The minimum atomic E-state index is -1.03. The van der Waals surface area contributed by atoms with Crippen LogP contribution in [0.4, 0.5) is 0 Å². The Kier molecular flexibility index (Phi) is 10.0. The molecule has 0 saturated carbocycles.